The monoisotopic (exact) mass is 477 g/mol. The number of carbonyl (C=O) groups excluding carboxylic acids is 1. The number of aryl methyl sites for hydroxylation is 1. The van der Waals surface area contributed by atoms with Gasteiger partial charge in [0.15, 0.2) is 0 Å². The summed E-state index contributed by atoms with van der Waals surface area (Å²) < 4.78 is 44.6. The molecule has 0 radical (unpaired) electrons. The number of nitrogens with zero attached hydrogens (tertiary/aromatic N) is 3. The highest BCUT2D eigenvalue weighted by molar-refractivity contribution is 5.98. The van der Waals surface area contributed by atoms with Crippen LogP contribution in [0.15, 0.2) is 30.3 Å². The zero-order valence-corrected chi connectivity index (χ0v) is 19.0. The number of halogens is 3. The van der Waals surface area contributed by atoms with E-state index in [0.29, 0.717) is 44.3 Å². The average Bonchev–Trinajstić information content (AvgIpc) is 2.83. The molecule has 2 heterocycles. The van der Waals surface area contributed by atoms with E-state index in [-0.39, 0.29) is 17.5 Å². The van der Waals surface area contributed by atoms with Gasteiger partial charge in [-0.2, -0.15) is 13.2 Å². The number of nitro benzene ring substituents is 1. The molecular formula is C24H26F3N3O4. The minimum atomic E-state index is -4.66. The molecule has 34 heavy (non-hydrogen) atoms. The van der Waals surface area contributed by atoms with E-state index in [9.17, 15) is 28.1 Å². The van der Waals surface area contributed by atoms with Crippen LogP contribution in [-0.4, -0.2) is 37.6 Å². The summed E-state index contributed by atoms with van der Waals surface area (Å²) in [6.45, 7) is 3.29. The summed E-state index contributed by atoms with van der Waals surface area (Å²) >= 11 is 0. The van der Waals surface area contributed by atoms with Gasteiger partial charge in [-0.25, -0.2) is 0 Å². The van der Waals surface area contributed by atoms with E-state index in [0.717, 1.165) is 41.8 Å². The molecule has 0 spiro atoms. The van der Waals surface area contributed by atoms with Crippen molar-refractivity contribution in [3.63, 3.8) is 0 Å². The predicted octanol–water partition coefficient (Wildman–Crippen LogP) is 5.13. The fourth-order valence-electron chi connectivity index (χ4n) is 4.94. The lowest BCUT2D eigenvalue weighted by Gasteiger charge is -2.37. The zero-order chi connectivity index (χ0) is 24.6. The Balaban J connectivity index is 1.52. The molecule has 0 bridgehead atoms. The average molecular weight is 477 g/mol. The van der Waals surface area contributed by atoms with Crippen molar-refractivity contribution in [2.24, 2.45) is 5.92 Å². The third-order valence-corrected chi connectivity index (χ3v) is 6.73. The number of hydrogen-bond acceptors (Lipinski definition) is 5. The second kappa shape index (κ2) is 9.15. The smallest absolute Gasteiger partial charge is 0.416 e. The van der Waals surface area contributed by atoms with Gasteiger partial charge in [0.1, 0.15) is 11.4 Å². The van der Waals surface area contributed by atoms with Crippen LogP contribution < -0.4 is 14.5 Å². The van der Waals surface area contributed by atoms with Crippen LogP contribution in [0.3, 0.4) is 0 Å². The summed E-state index contributed by atoms with van der Waals surface area (Å²) in [4.78, 5) is 27.7. The number of anilines is 2. The van der Waals surface area contributed by atoms with Gasteiger partial charge >= 0.3 is 6.18 Å². The summed E-state index contributed by atoms with van der Waals surface area (Å²) in [5, 5.41) is 11.5. The maximum atomic E-state index is 13.5. The molecule has 2 aliphatic rings. The Morgan fingerprint density at radius 1 is 1.15 bits per heavy atom. The van der Waals surface area contributed by atoms with Crippen LogP contribution in [0.1, 0.15) is 36.0 Å². The van der Waals surface area contributed by atoms with Crippen LogP contribution in [0.2, 0.25) is 0 Å². The number of alkyl halides is 3. The molecule has 0 aliphatic carbocycles. The van der Waals surface area contributed by atoms with Gasteiger partial charge in [0.05, 0.1) is 23.3 Å². The van der Waals surface area contributed by atoms with Crippen molar-refractivity contribution < 1.29 is 27.6 Å². The lowest BCUT2D eigenvalue weighted by molar-refractivity contribution is -0.384. The van der Waals surface area contributed by atoms with Crippen molar-refractivity contribution in [1.82, 2.24) is 0 Å². The van der Waals surface area contributed by atoms with Crippen LogP contribution >= 0.6 is 0 Å². The van der Waals surface area contributed by atoms with Gasteiger partial charge in [0.2, 0.25) is 5.91 Å². The Bertz CT molecular complexity index is 1110. The van der Waals surface area contributed by atoms with Crippen molar-refractivity contribution >= 4 is 23.0 Å². The van der Waals surface area contributed by atoms with E-state index in [1.54, 1.807) is 16.9 Å². The molecule has 182 valence electrons. The second-order valence-electron chi connectivity index (χ2n) is 8.72. The first kappa shape index (κ1) is 23.8. The van der Waals surface area contributed by atoms with Crippen molar-refractivity contribution in [3.8, 4) is 5.75 Å². The molecule has 7 nitrogen and oxygen atoms in total. The maximum absolute atomic E-state index is 13.5. The number of methoxy groups -OCH3 is 1. The van der Waals surface area contributed by atoms with Gasteiger partial charge < -0.3 is 14.5 Å². The number of amides is 1. The highest BCUT2D eigenvalue weighted by Crippen LogP contribution is 2.41. The minimum Gasteiger partial charge on any atom is -0.495 e. The van der Waals surface area contributed by atoms with E-state index in [2.05, 4.69) is 0 Å². The van der Waals surface area contributed by atoms with Gasteiger partial charge in [-0.05, 0) is 61.9 Å². The molecule has 10 heteroatoms. The molecule has 0 N–H and O–H groups in total. The van der Waals surface area contributed by atoms with Crippen molar-refractivity contribution in [2.45, 2.75) is 38.8 Å². The van der Waals surface area contributed by atoms with Gasteiger partial charge in [-0.1, -0.05) is 6.07 Å². The normalized spacial score (nSPS) is 16.9. The molecule has 1 fully saturated rings. The molecule has 0 atom stereocenters. The summed E-state index contributed by atoms with van der Waals surface area (Å²) in [6, 6.07) is 6.44. The fourth-order valence-corrected chi connectivity index (χ4v) is 4.94. The molecule has 1 amide bonds. The van der Waals surface area contributed by atoms with Gasteiger partial charge in [-0.15, -0.1) is 0 Å². The van der Waals surface area contributed by atoms with Crippen LogP contribution in [-0.2, 0) is 17.4 Å². The molecule has 0 saturated carbocycles. The van der Waals surface area contributed by atoms with Crippen molar-refractivity contribution in [1.29, 1.82) is 0 Å². The van der Waals surface area contributed by atoms with E-state index in [1.807, 2.05) is 19.1 Å². The number of carbonyl (C=O) groups is 1. The van der Waals surface area contributed by atoms with Gasteiger partial charge in [0, 0.05) is 31.6 Å². The molecule has 0 unspecified atom stereocenters. The first-order valence-electron chi connectivity index (χ1n) is 11.2. The summed E-state index contributed by atoms with van der Waals surface area (Å²) in [7, 11) is 1.58. The molecule has 1 saturated heterocycles. The summed E-state index contributed by atoms with van der Waals surface area (Å²) in [6.07, 6.45) is -2.03. The van der Waals surface area contributed by atoms with Crippen LogP contribution in [0.4, 0.5) is 30.2 Å². The highest BCUT2D eigenvalue weighted by Gasteiger charge is 2.36. The Kier molecular flexibility index (Phi) is 6.42. The number of rotatable bonds is 4. The topological polar surface area (TPSA) is 75.9 Å². The number of piperidine rings is 1. The van der Waals surface area contributed by atoms with Crippen molar-refractivity contribution in [2.75, 3.05) is 36.5 Å². The molecule has 4 rings (SSSR count). The number of benzene rings is 2. The number of fused-ring (bicyclic) bond motifs is 1. The molecule has 0 aromatic heterocycles. The Labute approximate surface area is 195 Å². The maximum Gasteiger partial charge on any atom is 0.416 e. The first-order valence-corrected chi connectivity index (χ1v) is 11.2. The van der Waals surface area contributed by atoms with E-state index in [4.69, 9.17) is 4.74 Å². The SMILES string of the molecule is COc1ccc(C)c2c1N(C(=O)C1CCN(c3ccc(C(F)(F)F)cc3[N+](=O)[O-])CC1)CCC2. The molecular weight excluding hydrogens is 451 g/mol. The molecule has 2 aliphatic heterocycles. The number of hydrogen-bond donors (Lipinski definition) is 0. The largest absolute Gasteiger partial charge is 0.495 e. The third-order valence-electron chi connectivity index (χ3n) is 6.73. The standard InChI is InChI=1S/C24H26F3N3O4/c1-15-5-8-21(34-2)22-18(15)4-3-11-29(22)23(31)16-9-12-28(13-10-16)19-7-6-17(24(25,26)27)14-20(19)30(32)33/h5-8,14,16H,3-4,9-13H2,1-2H3. The predicted molar refractivity (Wildman–Crippen MR) is 121 cm³/mol. The molecule has 2 aromatic rings. The van der Waals surface area contributed by atoms with E-state index < -0.39 is 22.4 Å². The first-order chi connectivity index (χ1) is 16.1. The molecule has 2 aromatic carbocycles. The van der Waals surface area contributed by atoms with E-state index >= 15 is 0 Å². The van der Waals surface area contributed by atoms with Crippen LogP contribution in [0, 0.1) is 23.0 Å². The Morgan fingerprint density at radius 2 is 1.85 bits per heavy atom. The summed E-state index contributed by atoms with van der Waals surface area (Å²) in [5.41, 5.74) is 1.55. The lowest BCUT2D eigenvalue weighted by Crippen LogP contribution is -2.44. The number of nitro groups is 1. The minimum absolute atomic E-state index is 0.00795. The third kappa shape index (κ3) is 4.41. The van der Waals surface area contributed by atoms with Crippen LogP contribution in [0.5, 0.6) is 5.75 Å². The van der Waals surface area contributed by atoms with Gasteiger partial charge in [0.25, 0.3) is 5.69 Å². The summed E-state index contributed by atoms with van der Waals surface area (Å²) in [5.74, 6) is 0.374. The number of ether oxygens (including phenoxy) is 1. The Morgan fingerprint density at radius 3 is 2.47 bits per heavy atom. The Hall–Kier alpha value is -3.30. The second-order valence-corrected chi connectivity index (χ2v) is 8.72. The van der Waals surface area contributed by atoms with Gasteiger partial charge in [-0.3, -0.25) is 14.9 Å². The quantitative estimate of drug-likeness (QED) is 0.451. The van der Waals surface area contributed by atoms with Crippen LogP contribution in [0.25, 0.3) is 0 Å². The highest BCUT2D eigenvalue weighted by atomic mass is 19.4. The zero-order valence-electron chi connectivity index (χ0n) is 19.0. The van der Waals surface area contributed by atoms with Crippen molar-refractivity contribution in [3.05, 3.63) is 57.1 Å². The van der Waals surface area contributed by atoms with E-state index in [1.165, 1.54) is 0 Å². The fraction of sp³-hybridized carbons (Fsp3) is 0.458. The lowest BCUT2D eigenvalue weighted by atomic mass is 9.91.